The third kappa shape index (κ3) is 6.60. The van der Waals surface area contributed by atoms with E-state index in [1.807, 2.05) is 6.92 Å². The Bertz CT molecular complexity index is 1090. The first-order chi connectivity index (χ1) is 15.6. The molecule has 166 valence electrons. The lowest BCUT2D eigenvalue weighted by Gasteiger charge is -2.06. The van der Waals surface area contributed by atoms with Crippen LogP contribution in [0, 0.1) is 5.82 Å². The Morgan fingerprint density at radius 1 is 0.750 bits per heavy atom. The van der Waals surface area contributed by atoms with Crippen LogP contribution < -0.4 is 9.47 Å². The summed E-state index contributed by atoms with van der Waals surface area (Å²) < 4.78 is 25.3. The average molecular weight is 436 g/mol. The van der Waals surface area contributed by atoms with E-state index in [9.17, 15) is 9.50 Å². The van der Waals surface area contributed by atoms with E-state index < -0.39 is 5.82 Å². The van der Waals surface area contributed by atoms with Crippen LogP contribution in [-0.2, 0) is 0 Å². The summed E-state index contributed by atoms with van der Waals surface area (Å²) in [4.78, 5) is 0. The minimum absolute atomic E-state index is 0.0210. The SMILES string of the molecule is CCCCOc1ccc(N=Nc2ccc(N=Nc3ccc(OCC)cc3)cc2F)c(O)c1. The van der Waals surface area contributed by atoms with Crippen molar-refractivity contribution in [2.75, 3.05) is 13.2 Å². The van der Waals surface area contributed by atoms with Gasteiger partial charge >= 0.3 is 0 Å². The fraction of sp³-hybridized carbons (Fsp3) is 0.250. The maximum absolute atomic E-state index is 14.4. The van der Waals surface area contributed by atoms with Crippen LogP contribution in [0.15, 0.2) is 81.1 Å². The minimum Gasteiger partial charge on any atom is -0.505 e. The lowest BCUT2D eigenvalue weighted by atomic mass is 10.2. The highest BCUT2D eigenvalue weighted by Crippen LogP contribution is 2.33. The molecule has 0 radical (unpaired) electrons. The zero-order valence-electron chi connectivity index (χ0n) is 18.0. The minimum atomic E-state index is -0.601. The van der Waals surface area contributed by atoms with Crippen LogP contribution in [-0.4, -0.2) is 18.3 Å². The lowest BCUT2D eigenvalue weighted by molar-refractivity contribution is 0.307. The normalized spacial score (nSPS) is 11.3. The van der Waals surface area contributed by atoms with Crippen LogP contribution in [0.2, 0.25) is 0 Å². The van der Waals surface area contributed by atoms with E-state index in [-0.39, 0.29) is 17.1 Å². The molecule has 3 aromatic rings. The van der Waals surface area contributed by atoms with Gasteiger partial charge in [0.2, 0.25) is 0 Å². The van der Waals surface area contributed by atoms with Crippen LogP contribution >= 0.6 is 0 Å². The van der Waals surface area contributed by atoms with Crippen molar-refractivity contribution >= 4 is 22.7 Å². The van der Waals surface area contributed by atoms with Gasteiger partial charge in [0.05, 0.1) is 24.6 Å². The number of azo groups is 2. The number of ether oxygens (including phenoxy) is 2. The Kier molecular flexibility index (Phi) is 8.25. The summed E-state index contributed by atoms with van der Waals surface area (Å²) in [6.07, 6.45) is 1.95. The molecule has 0 aromatic heterocycles. The van der Waals surface area contributed by atoms with Gasteiger partial charge in [-0.05, 0) is 61.9 Å². The maximum atomic E-state index is 14.4. The monoisotopic (exact) mass is 436 g/mol. The standard InChI is InChI=1S/C24H25FN4O3/c1-3-5-14-32-20-11-13-23(24(30)16-20)29-28-22-12-8-18(15-21(22)25)27-26-17-6-9-19(10-7-17)31-4-2/h6-13,15-16,30H,3-5,14H2,1-2H3. The molecule has 3 aromatic carbocycles. The van der Waals surface area contributed by atoms with Gasteiger partial charge in [0, 0.05) is 12.1 Å². The van der Waals surface area contributed by atoms with Gasteiger partial charge in [-0.25, -0.2) is 4.39 Å². The number of benzene rings is 3. The summed E-state index contributed by atoms with van der Waals surface area (Å²) in [5.41, 5.74) is 1.20. The number of halogens is 1. The molecule has 0 aliphatic heterocycles. The van der Waals surface area contributed by atoms with Crippen molar-refractivity contribution in [2.45, 2.75) is 26.7 Å². The van der Waals surface area contributed by atoms with E-state index in [0.717, 1.165) is 18.6 Å². The zero-order chi connectivity index (χ0) is 22.8. The van der Waals surface area contributed by atoms with E-state index in [0.29, 0.717) is 30.3 Å². The summed E-state index contributed by atoms with van der Waals surface area (Å²) in [5.74, 6) is 0.597. The summed E-state index contributed by atoms with van der Waals surface area (Å²) >= 11 is 0. The number of phenolic OH excluding ortho intramolecular Hbond substituents is 1. The number of unbranched alkanes of at least 4 members (excludes halogenated alkanes) is 1. The van der Waals surface area contributed by atoms with Crippen LogP contribution in [0.5, 0.6) is 17.2 Å². The summed E-state index contributed by atoms with van der Waals surface area (Å²) in [6, 6.07) is 16.1. The molecule has 0 heterocycles. The average Bonchev–Trinajstić information content (AvgIpc) is 2.79. The largest absolute Gasteiger partial charge is 0.505 e. The Labute approximate surface area is 186 Å². The molecule has 1 N–H and O–H groups in total. The third-order valence-electron chi connectivity index (χ3n) is 4.34. The molecule has 8 heteroatoms. The van der Waals surface area contributed by atoms with E-state index in [1.165, 1.54) is 18.2 Å². The second kappa shape index (κ2) is 11.5. The van der Waals surface area contributed by atoms with Crippen LogP contribution in [0.1, 0.15) is 26.7 Å². The van der Waals surface area contributed by atoms with Gasteiger partial charge in [-0.3, -0.25) is 0 Å². The van der Waals surface area contributed by atoms with Crippen molar-refractivity contribution in [1.29, 1.82) is 0 Å². The number of phenols is 1. The van der Waals surface area contributed by atoms with Crippen molar-refractivity contribution in [3.05, 3.63) is 66.5 Å². The number of nitrogens with zero attached hydrogens (tertiary/aromatic N) is 4. The summed E-state index contributed by atoms with van der Waals surface area (Å²) in [5, 5.41) is 26.1. The second-order valence-corrected chi connectivity index (χ2v) is 6.82. The van der Waals surface area contributed by atoms with Crippen molar-refractivity contribution in [1.82, 2.24) is 0 Å². The maximum Gasteiger partial charge on any atom is 0.152 e. The Morgan fingerprint density at radius 3 is 2.09 bits per heavy atom. The molecule has 0 fully saturated rings. The highest BCUT2D eigenvalue weighted by atomic mass is 19.1. The zero-order valence-corrected chi connectivity index (χ0v) is 18.0. The molecule has 0 aliphatic rings. The predicted molar refractivity (Wildman–Crippen MR) is 121 cm³/mol. The van der Waals surface area contributed by atoms with Crippen LogP contribution in [0.25, 0.3) is 0 Å². The van der Waals surface area contributed by atoms with E-state index in [4.69, 9.17) is 9.47 Å². The van der Waals surface area contributed by atoms with Gasteiger partial charge < -0.3 is 14.6 Å². The summed E-state index contributed by atoms with van der Waals surface area (Å²) in [6.45, 7) is 5.14. The van der Waals surface area contributed by atoms with Crippen LogP contribution in [0.4, 0.5) is 27.1 Å². The highest BCUT2D eigenvalue weighted by Gasteiger charge is 2.06. The van der Waals surface area contributed by atoms with E-state index >= 15 is 0 Å². The second-order valence-electron chi connectivity index (χ2n) is 6.82. The quantitative estimate of drug-likeness (QED) is 0.258. The molecular weight excluding hydrogens is 411 g/mol. The third-order valence-corrected chi connectivity index (χ3v) is 4.34. The van der Waals surface area contributed by atoms with Gasteiger partial charge in [-0.2, -0.15) is 10.2 Å². The van der Waals surface area contributed by atoms with Gasteiger partial charge in [0.15, 0.2) is 5.82 Å². The van der Waals surface area contributed by atoms with Gasteiger partial charge in [-0.1, -0.05) is 13.3 Å². The molecule has 32 heavy (non-hydrogen) atoms. The van der Waals surface area contributed by atoms with Gasteiger partial charge in [0.1, 0.15) is 28.6 Å². The first-order valence-corrected chi connectivity index (χ1v) is 10.4. The van der Waals surface area contributed by atoms with Gasteiger partial charge in [0.25, 0.3) is 0 Å². The smallest absolute Gasteiger partial charge is 0.152 e. The topological polar surface area (TPSA) is 88.1 Å². The summed E-state index contributed by atoms with van der Waals surface area (Å²) in [7, 11) is 0. The van der Waals surface area contributed by atoms with Crippen molar-refractivity contribution in [3.63, 3.8) is 0 Å². The number of hydrogen-bond acceptors (Lipinski definition) is 7. The molecule has 0 unspecified atom stereocenters. The van der Waals surface area contributed by atoms with Crippen LogP contribution in [0.3, 0.4) is 0 Å². The first-order valence-electron chi connectivity index (χ1n) is 10.4. The van der Waals surface area contributed by atoms with E-state index in [2.05, 4.69) is 27.4 Å². The number of hydrogen-bond donors (Lipinski definition) is 1. The Hall–Kier alpha value is -3.81. The molecule has 3 rings (SSSR count). The first kappa shape index (κ1) is 22.9. The Balaban J connectivity index is 1.65. The van der Waals surface area contributed by atoms with Crippen molar-refractivity contribution in [2.24, 2.45) is 20.5 Å². The van der Waals surface area contributed by atoms with Gasteiger partial charge in [-0.15, -0.1) is 10.2 Å². The molecule has 0 atom stereocenters. The molecule has 0 saturated carbocycles. The number of aromatic hydroxyl groups is 1. The molecule has 0 amide bonds. The predicted octanol–water partition coefficient (Wildman–Crippen LogP) is 7.94. The van der Waals surface area contributed by atoms with E-state index in [1.54, 1.807) is 42.5 Å². The fourth-order valence-corrected chi connectivity index (χ4v) is 2.65. The Morgan fingerprint density at radius 2 is 1.41 bits per heavy atom. The molecule has 0 saturated heterocycles. The molecule has 7 nitrogen and oxygen atoms in total. The number of rotatable bonds is 10. The molecule has 0 bridgehead atoms. The van der Waals surface area contributed by atoms with Crippen molar-refractivity contribution < 1.29 is 19.0 Å². The highest BCUT2D eigenvalue weighted by molar-refractivity contribution is 5.55. The molecule has 0 aliphatic carbocycles. The fourth-order valence-electron chi connectivity index (χ4n) is 2.65. The lowest BCUT2D eigenvalue weighted by Crippen LogP contribution is -1.95. The molecular formula is C24H25FN4O3. The van der Waals surface area contributed by atoms with Crippen molar-refractivity contribution in [3.8, 4) is 17.2 Å². The molecule has 0 spiro atoms.